The Bertz CT molecular complexity index is 320. The molecule has 0 radical (unpaired) electrons. The highest BCUT2D eigenvalue weighted by molar-refractivity contribution is 5.25. The van der Waals surface area contributed by atoms with Gasteiger partial charge in [-0.2, -0.15) is 0 Å². The van der Waals surface area contributed by atoms with E-state index in [0.717, 1.165) is 26.0 Å². The Balaban J connectivity index is 2.87. The van der Waals surface area contributed by atoms with Gasteiger partial charge in [-0.1, -0.05) is 45.0 Å². The minimum absolute atomic E-state index is 0.252. The van der Waals surface area contributed by atoms with Crippen molar-refractivity contribution in [2.24, 2.45) is 0 Å². The molecule has 0 amide bonds. The zero-order chi connectivity index (χ0) is 13.4. The average molecular weight is 249 g/mol. The minimum Gasteiger partial charge on any atom is -0.377 e. The number of likely N-dealkylation sites (N-methyl/N-ethyl adjacent to an activating group) is 1. The molecule has 0 spiro atoms. The van der Waals surface area contributed by atoms with Crippen molar-refractivity contribution < 1.29 is 4.74 Å². The normalized spacial score (nSPS) is 14.4. The monoisotopic (exact) mass is 249 g/mol. The van der Waals surface area contributed by atoms with E-state index in [1.165, 1.54) is 11.1 Å². The van der Waals surface area contributed by atoms with Crippen molar-refractivity contribution in [2.45, 2.75) is 52.7 Å². The van der Waals surface area contributed by atoms with Gasteiger partial charge < -0.3 is 10.1 Å². The van der Waals surface area contributed by atoms with Crippen LogP contribution >= 0.6 is 0 Å². The van der Waals surface area contributed by atoms with E-state index in [0.29, 0.717) is 6.04 Å². The highest BCUT2D eigenvalue weighted by atomic mass is 16.5. The molecule has 1 aromatic rings. The van der Waals surface area contributed by atoms with Crippen LogP contribution in [0.3, 0.4) is 0 Å². The molecule has 0 aliphatic rings. The van der Waals surface area contributed by atoms with Crippen LogP contribution in [0.4, 0.5) is 0 Å². The van der Waals surface area contributed by atoms with E-state index in [1.807, 2.05) is 0 Å². The number of aryl methyl sites for hydroxylation is 1. The zero-order valence-electron chi connectivity index (χ0n) is 12.2. The second kappa shape index (κ2) is 8.28. The lowest BCUT2D eigenvalue weighted by Crippen LogP contribution is -2.33. The molecule has 0 saturated heterocycles. The summed E-state index contributed by atoms with van der Waals surface area (Å²) in [5.74, 6) is 0. The van der Waals surface area contributed by atoms with Gasteiger partial charge in [-0.05, 0) is 37.4 Å². The fourth-order valence-electron chi connectivity index (χ4n) is 2.31. The van der Waals surface area contributed by atoms with E-state index >= 15 is 0 Å². The third kappa shape index (κ3) is 4.11. The van der Waals surface area contributed by atoms with Crippen LogP contribution < -0.4 is 5.32 Å². The predicted octanol–water partition coefficient (Wildman–Crippen LogP) is 3.71. The molecule has 2 nitrogen and oxygen atoms in total. The van der Waals surface area contributed by atoms with E-state index < -0.39 is 0 Å². The molecule has 0 fully saturated rings. The van der Waals surface area contributed by atoms with Gasteiger partial charge in [0.2, 0.25) is 0 Å². The Kier molecular flexibility index (Phi) is 6.99. The number of rotatable bonds is 8. The Morgan fingerprint density at radius 1 is 1.06 bits per heavy atom. The number of hydrogen-bond acceptors (Lipinski definition) is 2. The standard InChI is InChI=1S/C16H27NO/c1-5-13-9-11-14(12-10-13)16(17-7-3)15(6-2)18-8-4/h9-12,15-17H,5-8H2,1-4H3. The Morgan fingerprint density at radius 3 is 2.17 bits per heavy atom. The molecule has 0 saturated carbocycles. The lowest BCUT2D eigenvalue weighted by Gasteiger charge is -2.27. The lowest BCUT2D eigenvalue weighted by molar-refractivity contribution is 0.0318. The van der Waals surface area contributed by atoms with Gasteiger partial charge in [-0.15, -0.1) is 0 Å². The molecule has 2 unspecified atom stereocenters. The molecular formula is C16H27NO. The molecule has 0 aromatic heterocycles. The maximum Gasteiger partial charge on any atom is 0.0766 e. The smallest absolute Gasteiger partial charge is 0.0766 e. The van der Waals surface area contributed by atoms with E-state index in [1.54, 1.807) is 0 Å². The SMILES string of the molecule is CCNC(c1ccc(CC)cc1)C(CC)OCC. The summed E-state index contributed by atoms with van der Waals surface area (Å²) in [4.78, 5) is 0. The summed E-state index contributed by atoms with van der Waals surface area (Å²) >= 11 is 0. The molecule has 102 valence electrons. The number of ether oxygens (including phenoxy) is 1. The van der Waals surface area contributed by atoms with Crippen molar-refractivity contribution in [2.75, 3.05) is 13.2 Å². The largest absolute Gasteiger partial charge is 0.377 e. The van der Waals surface area contributed by atoms with Crippen LogP contribution in [0, 0.1) is 0 Å². The third-order valence-electron chi connectivity index (χ3n) is 3.33. The summed E-state index contributed by atoms with van der Waals surface area (Å²) in [5.41, 5.74) is 2.72. The minimum atomic E-state index is 0.252. The van der Waals surface area contributed by atoms with E-state index in [4.69, 9.17) is 4.74 Å². The van der Waals surface area contributed by atoms with Gasteiger partial charge in [-0.25, -0.2) is 0 Å². The summed E-state index contributed by atoms with van der Waals surface area (Å²) in [6, 6.07) is 9.20. The van der Waals surface area contributed by atoms with Gasteiger partial charge in [0, 0.05) is 6.61 Å². The van der Waals surface area contributed by atoms with Crippen LogP contribution in [-0.4, -0.2) is 19.3 Å². The van der Waals surface area contributed by atoms with Crippen LogP contribution in [0.2, 0.25) is 0 Å². The maximum absolute atomic E-state index is 5.85. The highest BCUT2D eigenvalue weighted by Gasteiger charge is 2.20. The molecular weight excluding hydrogens is 222 g/mol. The second-order valence-electron chi connectivity index (χ2n) is 4.53. The highest BCUT2D eigenvalue weighted by Crippen LogP contribution is 2.22. The fourth-order valence-corrected chi connectivity index (χ4v) is 2.31. The predicted molar refractivity (Wildman–Crippen MR) is 77.9 cm³/mol. The van der Waals surface area contributed by atoms with Crippen molar-refractivity contribution in [1.82, 2.24) is 5.32 Å². The maximum atomic E-state index is 5.85. The van der Waals surface area contributed by atoms with Gasteiger partial charge in [0.15, 0.2) is 0 Å². The van der Waals surface area contributed by atoms with Crippen molar-refractivity contribution in [3.63, 3.8) is 0 Å². The van der Waals surface area contributed by atoms with Gasteiger partial charge >= 0.3 is 0 Å². The van der Waals surface area contributed by atoms with Crippen LogP contribution in [0.25, 0.3) is 0 Å². The molecule has 0 aliphatic heterocycles. The van der Waals surface area contributed by atoms with Crippen LogP contribution in [0.1, 0.15) is 51.3 Å². The van der Waals surface area contributed by atoms with E-state index in [-0.39, 0.29) is 6.10 Å². The van der Waals surface area contributed by atoms with E-state index in [9.17, 15) is 0 Å². The van der Waals surface area contributed by atoms with Gasteiger partial charge in [0.1, 0.15) is 0 Å². The molecule has 1 N–H and O–H groups in total. The molecule has 18 heavy (non-hydrogen) atoms. The molecule has 2 heteroatoms. The van der Waals surface area contributed by atoms with Gasteiger partial charge in [0.25, 0.3) is 0 Å². The summed E-state index contributed by atoms with van der Waals surface area (Å²) in [6.45, 7) is 10.3. The molecule has 1 aromatic carbocycles. The molecule has 2 atom stereocenters. The van der Waals surface area contributed by atoms with Gasteiger partial charge in [-0.3, -0.25) is 0 Å². The van der Waals surface area contributed by atoms with Crippen molar-refractivity contribution in [3.8, 4) is 0 Å². The lowest BCUT2D eigenvalue weighted by atomic mass is 9.98. The Labute approximate surface area is 112 Å². The van der Waals surface area contributed by atoms with Crippen LogP contribution in [0.15, 0.2) is 24.3 Å². The number of benzene rings is 1. The zero-order valence-corrected chi connectivity index (χ0v) is 12.2. The number of nitrogens with one attached hydrogen (secondary N) is 1. The first-order valence-electron chi connectivity index (χ1n) is 7.20. The Hall–Kier alpha value is -0.860. The first-order chi connectivity index (χ1) is 8.76. The van der Waals surface area contributed by atoms with Crippen molar-refractivity contribution >= 4 is 0 Å². The molecule has 1 rings (SSSR count). The Morgan fingerprint density at radius 2 is 1.72 bits per heavy atom. The second-order valence-corrected chi connectivity index (χ2v) is 4.53. The quantitative estimate of drug-likeness (QED) is 0.758. The molecule has 0 aliphatic carbocycles. The number of hydrogen-bond donors (Lipinski definition) is 1. The van der Waals surface area contributed by atoms with Crippen LogP contribution in [-0.2, 0) is 11.2 Å². The summed E-state index contributed by atoms with van der Waals surface area (Å²) in [6.07, 6.45) is 2.37. The average Bonchev–Trinajstić information content (AvgIpc) is 2.43. The van der Waals surface area contributed by atoms with Gasteiger partial charge in [0.05, 0.1) is 12.1 Å². The first kappa shape index (κ1) is 15.2. The third-order valence-corrected chi connectivity index (χ3v) is 3.33. The first-order valence-corrected chi connectivity index (χ1v) is 7.20. The fraction of sp³-hybridized carbons (Fsp3) is 0.625. The van der Waals surface area contributed by atoms with Crippen LogP contribution in [0.5, 0.6) is 0 Å². The van der Waals surface area contributed by atoms with Crippen molar-refractivity contribution in [3.05, 3.63) is 35.4 Å². The molecule has 0 bridgehead atoms. The summed E-state index contributed by atoms with van der Waals surface area (Å²) < 4.78 is 5.85. The van der Waals surface area contributed by atoms with E-state index in [2.05, 4.69) is 57.3 Å². The topological polar surface area (TPSA) is 21.3 Å². The molecule has 0 heterocycles. The summed E-state index contributed by atoms with van der Waals surface area (Å²) in [7, 11) is 0. The van der Waals surface area contributed by atoms with Crippen molar-refractivity contribution in [1.29, 1.82) is 0 Å². The summed E-state index contributed by atoms with van der Waals surface area (Å²) in [5, 5.41) is 3.55.